The van der Waals surface area contributed by atoms with Gasteiger partial charge in [0.1, 0.15) is 0 Å². The molecule has 1 aromatic rings. The molecule has 0 radical (unpaired) electrons. The number of methoxy groups -OCH3 is 1. The van der Waals surface area contributed by atoms with Crippen LogP contribution in [-0.4, -0.2) is 31.7 Å². The van der Waals surface area contributed by atoms with Crippen molar-refractivity contribution in [3.8, 4) is 0 Å². The van der Waals surface area contributed by atoms with E-state index in [2.05, 4.69) is 31.4 Å². The summed E-state index contributed by atoms with van der Waals surface area (Å²) in [5.74, 6) is -0.00957. The van der Waals surface area contributed by atoms with E-state index in [-0.39, 0.29) is 23.5 Å². The highest BCUT2D eigenvalue weighted by Gasteiger charge is 2.49. The first-order chi connectivity index (χ1) is 9.98. The molecule has 2 unspecified atom stereocenters. The predicted octanol–water partition coefficient (Wildman–Crippen LogP) is 3.05. The lowest BCUT2D eigenvalue weighted by molar-refractivity contribution is -0.0942. The summed E-state index contributed by atoms with van der Waals surface area (Å²) in [5, 5.41) is 6.41. The van der Waals surface area contributed by atoms with Crippen LogP contribution in [0.5, 0.6) is 0 Å². The maximum atomic E-state index is 12.3. The fourth-order valence-electron chi connectivity index (χ4n) is 2.78. The zero-order chi connectivity index (χ0) is 15.5. The van der Waals surface area contributed by atoms with Crippen molar-refractivity contribution in [1.29, 1.82) is 0 Å². The van der Waals surface area contributed by atoms with Crippen molar-refractivity contribution >= 4 is 11.6 Å². The third kappa shape index (κ3) is 3.38. The molecule has 0 bridgehead atoms. The lowest BCUT2D eigenvalue weighted by Crippen LogP contribution is -2.61. The molecule has 0 spiro atoms. The van der Waals surface area contributed by atoms with Crippen LogP contribution in [0.3, 0.4) is 0 Å². The maximum Gasteiger partial charge on any atom is 0.251 e. The molecule has 4 heteroatoms. The average Bonchev–Trinajstić information content (AvgIpc) is 2.49. The van der Waals surface area contributed by atoms with E-state index in [1.165, 1.54) is 0 Å². The van der Waals surface area contributed by atoms with Crippen LogP contribution >= 0.6 is 0 Å². The van der Waals surface area contributed by atoms with E-state index in [1.807, 2.05) is 24.3 Å². The lowest BCUT2D eigenvalue weighted by Gasteiger charge is -2.51. The van der Waals surface area contributed by atoms with Gasteiger partial charge in [-0.05, 0) is 37.1 Å². The number of benzene rings is 1. The smallest absolute Gasteiger partial charge is 0.251 e. The van der Waals surface area contributed by atoms with Gasteiger partial charge in [-0.15, -0.1) is 0 Å². The monoisotopic (exact) mass is 290 g/mol. The maximum absolute atomic E-state index is 12.3. The second-order valence-corrected chi connectivity index (χ2v) is 6.31. The summed E-state index contributed by atoms with van der Waals surface area (Å²) < 4.78 is 5.41. The Hall–Kier alpha value is -1.55. The van der Waals surface area contributed by atoms with E-state index < -0.39 is 0 Å². The number of hydrogen-bond donors (Lipinski definition) is 2. The lowest BCUT2D eigenvalue weighted by atomic mass is 9.64. The first kappa shape index (κ1) is 15.8. The molecule has 1 saturated carbocycles. The minimum atomic E-state index is -0.00957. The molecular formula is C17H26N2O2. The van der Waals surface area contributed by atoms with Crippen LogP contribution in [0.25, 0.3) is 0 Å². The summed E-state index contributed by atoms with van der Waals surface area (Å²) in [4.78, 5) is 12.3. The van der Waals surface area contributed by atoms with Gasteiger partial charge in [-0.25, -0.2) is 0 Å². The zero-order valence-electron chi connectivity index (χ0n) is 13.4. The Bertz CT molecular complexity index is 482. The fourth-order valence-corrected chi connectivity index (χ4v) is 2.78. The number of rotatable bonds is 6. The van der Waals surface area contributed by atoms with E-state index in [4.69, 9.17) is 4.74 Å². The molecule has 1 aliphatic carbocycles. The topological polar surface area (TPSA) is 50.4 Å². The number of carbonyl (C=O) groups is 1. The van der Waals surface area contributed by atoms with Crippen molar-refractivity contribution in [2.45, 2.75) is 45.8 Å². The molecule has 2 atom stereocenters. The number of amides is 1. The van der Waals surface area contributed by atoms with Gasteiger partial charge in [0.15, 0.2) is 0 Å². The Morgan fingerprint density at radius 2 is 2.00 bits per heavy atom. The number of ether oxygens (including phenoxy) is 1. The van der Waals surface area contributed by atoms with Crippen LogP contribution in [0.2, 0.25) is 0 Å². The Morgan fingerprint density at radius 1 is 1.33 bits per heavy atom. The highest BCUT2D eigenvalue weighted by Crippen LogP contribution is 2.42. The van der Waals surface area contributed by atoms with Crippen molar-refractivity contribution in [1.82, 2.24) is 5.32 Å². The number of anilines is 1. The van der Waals surface area contributed by atoms with Crippen LogP contribution in [-0.2, 0) is 4.74 Å². The van der Waals surface area contributed by atoms with Crippen LogP contribution in [0, 0.1) is 5.41 Å². The second-order valence-electron chi connectivity index (χ2n) is 6.31. The third-order valence-corrected chi connectivity index (χ3v) is 4.49. The van der Waals surface area contributed by atoms with E-state index in [0.29, 0.717) is 5.56 Å². The molecule has 0 aromatic heterocycles. The summed E-state index contributed by atoms with van der Waals surface area (Å²) in [6.45, 7) is 7.34. The molecule has 116 valence electrons. The van der Waals surface area contributed by atoms with E-state index in [0.717, 1.165) is 25.1 Å². The molecule has 0 aliphatic heterocycles. The summed E-state index contributed by atoms with van der Waals surface area (Å²) >= 11 is 0. The van der Waals surface area contributed by atoms with Crippen LogP contribution in [0.4, 0.5) is 5.69 Å². The Balaban J connectivity index is 1.92. The van der Waals surface area contributed by atoms with Gasteiger partial charge in [0, 0.05) is 36.4 Å². The number of carbonyl (C=O) groups excluding carboxylic acids is 1. The predicted molar refractivity (Wildman–Crippen MR) is 85.7 cm³/mol. The minimum Gasteiger partial charge on any atom is -0.385 e. The van der Waals surface area contributed by atoms with Crippen molar-refractivity contribution in [3.63, 3.8) is 0 Å². The number of hydrogen-bond acceptors (Lipinski definition) is 3. The Morgan fingerprint density at radius 3 is 2.52 bits per heavy atom. The third-order valence-electron chi connectivity index (χ3n) is 4.49. The SMILES string of the molecule is CCCNc1ccc(C(=O)NC2CC(OC)C2(C)C)cc1. The zero-order valence-corrected chi connectivity index (χ0v) is 13.4. The molecule has 1 fully saturated rings. The van der Waals surface area contributed by atoms with Crippen molar-refractivity contribution < 1.29 is 9.53 Å². The van der Waals surface area contributed by atoms with E-state index in [9.17, 15) is 4.79 Å². The molecule has 4 nitrogen and oxygen atoms in total. The molecule has 0 saturated heterocycles. The summed E-state index contributed by atoms with van der Waals surface area (Å²) in [7, 11) is 1.73. The molecular weight excluding hydrogens is 264 g/mol. The largest absolute Gasteiger partial charge is 0.385 e. The standard InChI is InChI=1S/C17H26N2O2/c1-5-10-18-13-8-6-12(7-9-13)16(20)19-14-11-15(21-4)17(14,2)3/h6-9,14-15,18H,5,10-11H2,1-4H3,(H,19,20). The molecule has 1 aromatic carbocycles. The van der Waals surface area contributed by atoms with Crippen molar-refractivity contribution in [3.05, 3.63) is 29.8 Å². The summed E-state index contributed by atoms with van der Waals surface area (Å²) in [6, 6.07) is 7.82. The van der Waals surface area contributed by atoms with Gasteiger partial charge in [-0.3, -0.25) is 4.79 Å². The quantitative estimate of drug-likeness (QED) is 0.846. The van der Waals surface area contributed by atoms with Gasteiger partial charge in [0.2, 0.25) is 0 Å². The number of nitrogens with one attached hydrogen (secondary N) is 2. The van der Waals surface area contributed by atoms with Crippen LogP contribution < -0.4 is 10.6 Å². The average molecular weight is 290 g/mol. The summed E-state index contributed by atoms with van der Waals surface area (Å²) in [5.41, 5.74) is 1.75. The van der Waals surface area contributed by atoms with Gasteiger partial charge in [-0.2, -0.15) is 0 Å². The van der Waals surface area contributed by atoms with Crippen molar-refractivity contribution in [2.75, 3.05) is 19.0 Å². The molecule has 2 N–H and O–H groups in total. The summed E-state index contributed by atoms with van der Waals surface area (Å²) in [6.07, 6.45) is 2.19. The molecule has 2 rings (SSSR count). The normalized spacial score (nSPS) is 23.2. The van der Waals surface area contributed by atoms with Gasteiger partial charge in [0.25, 0.3) is 5.91 Å². The molecule has 1 amide bonds. The van der Waals surface area contributed by atoms with Crippen molar-refractivity contribution in [2.24, 2.45) is 5.41 Å². The first-order valence-electron chi connectivity index (χ1n) is 7.66. The van der Waals surface area contributed by atoms with E-state index >= 15 is 0 Å². The first-order valence-corrected chi connectivity index (χ1v) is 7.66. The second kappa shape index (κ2) is 6.48. The highest BCUT2D eigenvalue weighted by atomic mass is 16.5. The van der Waals surface area contributed by atoms with Crippen LogP contribution in [0.15, 0.2) is 24.3 Å². The van der Waals surface area contributed by atoms with Gasteiger partial charge >= 0.3 is 0 Å². The molecule has 0 heterocycles. The Labute approximate surface area is 127 Å². The van der Waals surface area contributed by atoms with Gasteiger partial charge in [0.05, 0.1) is 6.10 Å². The fraction of sp³-hybridized carbons (Fsp3) is 0.588. The Kier molecular flexibility index (Phi) is 4.88. The van der Waals surface area contributed by atoms with Gasteiger partial charge < -0.3 is 15.4 Å². The highest BCUT2D eigenvalue weighted by molar-refractivity contribution is 5.94. The molecule has 1 aliphatic rings. The van der Waals surface area contributed by atoms with E-state index in [1.54, 1.807) is 7.11 Å². The van der Waals surface area contributed by atoms with Gasteiger partial charge in [-0.1, -0.05) is 20.8 Å². The minimum absolute atomic E-state index is 0.00691. The van der Waals surface area contributed by atoms with Crippen LogP contribution in [0.1, 0.15) is 44.0 Å². The molecule has 21 heavy (non-hydrogen) atoms.